The molecular formula is C12H17BrN2O. The number of anilines is 1. The molecule has 3 nitrogen and oxygen atoms in total. The van der Waals surface area contributed by atoms with Crippen LogP contribution in [0.1, 0.15) is 24.8 Å². The van der Waals surface area contributed by atoms with Gasteiger partial charge in [0.1, 0.15) is 0 Å². The molecule has 0 aliphatic carbocycles. The molecule has 0 aliphatic heterocycles. The Morgan fingerprint density at radius 3 is 2.81 bits per heavy atom. The van der Waals surface area contributed by atoms with Crippen LogP contribution in [-0.4, -0.2) is 12.5 Å². The second-order valence-corrected chi connectivity index (χ2v) is 4.67. The number of halogens is 1. The van der Waals surface area contributed by atoms with Gasteiger partial charge in [-0.15, -0.1) is 0 Å². The van der Waals surface area contributed by atoms with Crippen LogP contribution < -0.4 is 11.1 Å². The molecule has 0 saturated carbocycles. The van der Waals surface area contributed by atoms with Crippen LogP contribution in [0.2, 0.25) is 0 Å². The molecule has 1 aromatic carbocycles. The van der Waals surface area contributed by atoms with Crippen molar-refractivity contribution in [2.24, 2.45) is 5.73 Å². The van der Waals surface area contributed by atoms with E-state index in [1.165, 1.54) is 0 Å². The van der Waals surface area contributed by atoms with Crippen LogP contribution in [0.15, 0.2) is 22.7 Å². The van der Waals surface area contributed by atoms with Crippen molar-refractivity contribution < 1.29 is 4.79 Å². The second-order valence-electron chi connectivity index (χ2n) is 3.75. The number of benzene rings is 1. The highest BCUT2D eigenvalue weighted by molar-refractivity contribution is 9.10. The van der Waals surface area contributed by atoms with E-state index in [1.807, 2.05) is 25.1 Å². The fourth-order valence-electron chi connectivity index (χ4n) is 1.41. The van der Waals surface area contributed by atoms with Crippen LogP contribution in [0.4, 0.5) is 5.69 Å². The number of carbonyl (C=O) groups is 1. The third kappa shape index (κ3) is 4.33. The summed E-state index contributed by atoms with van der Waals surface area (Å²) in [4.78, 5) is 11.6. The first-order valence-corrected chi connectivity index (χ1v) is 6.19. The summed E-state index contributed by atoms with van der Waals surface area (Å²) in [6.45, 7) is 2.62. The molecule has 0 heterocycles. The summed E-state index contributed by atoms with van der Waals surface area (Å²) in [5, 5.41) is 2.90. The zero-order valence-corrected chi connectivity index (χ0v) is 11.0. The summed E-state index contributed by atoms with van der Waals surface area (Å²) >= 11 is 3.39. The van der Waals surface area contributed by atoms with Gasteiger partial charge in [-0.25, -0.2) is 0 Å². The highest BCUT2D eigenvalue weighted by Crippen LogP contribution is 2.20. The third-order valence-corrected chi connectivity index (χ3v) is 2.81. The van der Waals surface area contributed by atoms with Crippen LogP contribution in [0.5, 0.6) is 0 Å². The lowest BCUT2D eigenvalue weighted by Gasteiger charge is -2.08. The monoisotopic (exact) mass is 284 g/mol. The van der Waals surface area contributed by atoms with Gasteiger partial charge in [-0.1, -0.05) is 15.9 Å². The Hall–Kier alpha value is -0.870. The van der Waals surface area contributed by atoms with Crippen molar-refractivity contribution in [1.82, 2.24) is 0 Å². The predicted molar refractivity (Wildman–Crippen MR) is 70.4 cm³/mol. The van der Waals surface area contributed by atoms with E-state index in [1.54, 1.807) is 0 Å². The molecule has 88 valence electrons. The van der Waals surface area contributed by atoms with Crippen molar-refractivity contribution in [3.8, 4) is 0 Å². The molecule has 0 aromatic heterocycles. The van der Waals surface area contributed by atoms with Crippen molar-refractivity contribution in [3.05, 3.63) is 28.2 Å². The van der Waals surface area contributed by atoms with Gasteiger partial charge in [0.15, 0.2) is 0 Å². The minimum Gasteiger partial charge on any atom is -0.330 e. The quantitative estimate of drug-likeness (QED) is 0.817. The number of unbranched alkanes of at least 4 members (excludes halogenated alkanes) is 1. The third-order valence-electron chi connectivity index (χ3n) is 2.32. The van der Waals surface area contributed by atoms with Crippen LogP contribution in [0, 0.1) is 6.92 Å². The normalized spacial score (nSPS) is 10.2. The zero-order valence-electron chi connectivity index (χ0n) is 9.42. The number of aryl methyl sites for hydroxylation is 1. The van der Waals surface area contributed by atoms with Crippen LogP contribution in [0.25, 0.3) is 0 Å². The van der Waals surface area contributed by atoms with Crippen molar-refractivity contribution in [1.29, 1.82) is 0 Å². The number of hydrogen-bond acceptors (Lipinski definition) is 2. The first kappa shape index (κ1) is 13.2. The van der Waals surface area contributed by atoms with Crippen LogP contribution >= 0.6 is 15.9 Å². The number of carbonyl (C=O) groups excluding carboxylic acids is 1. The molecule has 3 N–H and O–H groups in total. The molecule has 0 atom stereocenters. The summed E-state index contributed by atoms with van der Waals surface area (Å²) in [5.41, 5.74) is 7.30. The number of rotatable bonds is 5. The van der Waals surface area contributed by atoms with Crippen molar-refractivity contribution in [2.75, 3.05) is 11.9 Å². The van der Waals surface area contributed by atoms with Gasteiger partial charge in [0.25, 0.3) is 0 Å². The van der Waals surface area contributed by atoms with E-state index in [9.17, 15) is 4.79 Å². The van der Waals surface area contributed by atoms with Gasteiger partial charge >= 0.3 is 0 Å². The Balaban J connectivity index is 2.49. The van der Waals surface area contributed by atoms with E-state index in [2.05, 4.69) is 21.2 Å². The Kier molecular flexibility index (Phi) is 5.49. The van der Waals surface area contributed by atoms with Gasteiger partial charge in [0, 0.05) is 16.6 Å². The van der Waals surface area contributed by atoms with Crippen LogP contribution in [0.3, 0.4) is 0 Å². The van der Waals surface area contributed by atoms with E-state index in [-0.39, 0.29) is 5.91 Å². The predicted octanol–water partition coefficient (Wildman–Crippen LogP) is 2.83. The van der Waals surface area contributed by atoms with E-state index >= 15 is 0 Å². The highest BCUT2D eigenvalue weighted by Gasteiger charge is 2.04. The average Bonchev–Trinajstić information content (AvgIpc) is 2.23. The number of nitrogens with two attached hydrogens (primary N) is 1. The summed E-state index contributed by atoms with van der Waals surface area (Å²) in [7, 11) is 0. The van der Waals surface area contributed by atoms with Gasteiger partial charge < -0.3 is 11.1 Å². The van der Waals surface area contributed by atoms with Gasteiger partial charge in [-0.05, 0) is 50.1 Å². The van der Waals surface area contributed by atoms with Crippen molar-refractivity contribution in [3.63, 3.8) is 0 Å². The molecule has 0 radical (unpaired) electrons. The minimum absolute atomic E-state index is 0.0545. The molecule has 4 heteroatoms. The largest absolute Gasteiger partial charge is 0.330 e. The number of amides is 1. The Morgan fingerprint density at radius 2 is 2.19 bits per heavy atom. The number of hydrogen-bond donors (Lipinski definition) is 2. The van der Waals surface area contributed by atoms with Gasteiger partial charge in [0.2, 0.25) is 5.91 Å². The molecule has 1 rings (SSSR count). The number of nitrogens with one attached hydrogen (secondary N) is 1. The summed E-state index contributed by atoms with van der Waals surface area (Å²) < 4.78 is 1.02. The first-order valence-electron chi connectivity index (χ1n) is 5.39. The minimum atomic E-state index is 0.0545. The SMILES string of the molecule is Cc1cc(Br)ccc1NC(=O)CCCCN. The Labute approximate surface area is 105 Å². The summed E-state index contributed by atoms with van der Waals surface area (Å²) in [6.07, 6.45) is 2.28. The Morgan fingerprint density at radius 1 is 1.44 bits per heavy atom. The molecule has 0 fully saturated rings. The first-order chi connectivity index (χ1) is 7.63. The van der Waals surface area contributed by atoms with Crippen molar-refractivity contribution >= 4 is 27.5 Å². The van der Waals surface area contributed by atoms with E-state index in [0.29, 0.717) is 13.0 Å². The summed E-state index contributed by atoms with van der Waals surface area (Å²) in [6, 6.07) is 5.80. The lowest BCUT2D eigenvalue weighted by Crippen LogP contribution is -2.12. The molecule has 0 unspecified atom stereocenters. The van der Waals surface area contributed by atoms with E-state index < -0.39 is 0 Å². The maximum absolute atomic E-state index is 11.6. The van der Waals surface area contributed by atoms with Gasteiger partial charge in [-0.3, -0.25) is 4.79 Å². The van der Waals surface area contributed by atoms with E-state index in [0.717, 1.165) is 28.6 Å². The molecular weight excluding hydrogens is 268 g/mol. The summed E-state index contributed by atoms with van der Waals surface area (Å²) in [5.74, 6) is 0.0545. The topological polar surface area (TPSA) is 55.1 Å². The standard InChI is InChI=1S/C12H17BrN2O/c1-9-8-10(13)5-6-11(9)15-12(16)4-2-3-7-14/h5-6,8H,2-4,7,14H2,1H3,(H,15,16). The maximum Gasteiger partial charge on any atom is 0.224 e. The molecule has 0 saturated heterocycles. The smallest absolute Gasteiger partial charge is 0.224 e. The second kappa shape index (κ2) is 6.66. The Bertz CT molecular complexity index is 366. The molecule has 0 bridgehead atoms. The lowest BCUT2D eigenvalue weighted by atomic mass is 10.2. The van der Waals surface area contributed by atoms with Crippen LogP contribution in [-0.2, 0) is 4.79 Å². The average molecular weight is 285 g/mol. The maximum atomic E-state index is 11.6. The van der Waals surface area contributed by atoms with Gasteiger partial charge in [0.05, 0.1) is 0 Å². The van der Waals surface area contributed by atoms with E-state index in [4.69, 9.17) is 5.73 Å². The van der Waals surface area contributed by atoms with Gasteiger partial charge in [-0.2, -0.15) is 0 Å². The molecule has 1 amide bonds. The zero-order chi connectivity index (χ0) is 12.0. The molecule has 0 spiro atoms. The molecule has 0 aliphatic rings. The van der Waals surface area contributed by atoms with Crippen molar-refractivity contribution in [2.45, 2.75) is 26.2 Å². The highest BCUT2D eigenvalue weighted by atomic mass is 79.9. The fraction of sp³-hybridized carbons (Fsp3) is 0.417. The lowest BCUT2D eigenvalue weighted by molar-refractivity contribution is -0.116. The fourth-order valence-corrected chi connectivity index (χ4v) is 1.89. The molecule has 16 heavy (non-hydrogen) atoms. The molecule has 1 aromatic rings.